The molecule has 15 nitrogen and oxygen atoms in total. The zero-order valence-electron chi connectivity index (χ0n) is 34.9. The predicted molar refractivity (Wildman–Crippen MR) is 226 cm³/mol. The fraction of sp³-hybridized carbons (Fsp3) is 0.409. The molecule has 1 fully saturated rings. The van der Waals surface area contributed by atoms with Crippen molar-refractivity contribution in [1.29, 1.82) is 0 Å². The molecule has 4 N–H and O–H groups in total. The number of amides is 6. The zero-order chi connectivity index (χ0) is 42.5. The van der Waals surface area contributed by atoms with E-state index in [9.17, 15) is 24.0 Å². The van der Waals surface area contributed by atoms with Crippen molar-refractivity contribution in [3.63, 3.8) is 0 Å². The van der Waals surface area contributed by atoms with Crippen molar-refractivity contribution in [3.8, 4) is 0 Å². The summed E-state index contributed by atoms with van der Waals surface area (Å²) in [5.41, 5.74) is 4.81. The lowest BCUT2D eigenvalue weighted by atomic mass is 10.00. The number of benzene rings is 2. The molecule has 2 aliphatic heterocycles. The van der Waals surface area contributed by atoms with E-state index in [1.54, 1.807) is 42.5 Å². The van der Waals surface area contributed by atoms with E-state index in [0.717, 1.165) is 16.8 Å². The summed E-state index contributed by atoms with van der Waals surface area (Å²) in [6.45, 7) is 13.6. The van der Waals surface area contributed by atoms with Gasteiger partial charge in [-0.2, -0.15) is 4.98 Å². The van der Waals surface area contributed by atoms with Gasteiger partial charge < -0.3 is 26.2 Å². The molecule has 59 heavy (non-hydrogen) atoms. The number of nitrogens with zero attached hydrogens (tertiary/aromatic N) is 6. The first-order valence-electron chi connectivity index (χ1n) is 20.1. The van der Waals surface area contributed by atoms with Crippen molar-refractivity contribution in [2.45, 2.75) is 92.0 Å². The van der Waals surface area contributed by atoms with Crippen molar-refractivity contribution in [1.82, 2.24) is 35.8 Å². The lowest BCUT2D eigenvalue weighted by Crippen LogP contribution is -2.58. The fourth-order valence-electron chi connectivity index (χ4n) is 7.40. The van der Waals surface area contributed by atoms with Crippen LogP contribution in [0.25, 0.3) is 0 Å². The molecule has 0 radical (unpaired) electrons. The van der Waals surface area contributed by atoms with Gasteiger partial charge in [0.15, 0.2) is 0 Å². The molecule has 1 saturated heterocycles. The van der Waals surface area contributed by atoms with E-state index >= 15 is 0 Å². The van der Waals surface area contributed by atoms with Gasteiger partial charge in [0, 0.05) is 42.3 Å². The number of pyridine rings is 1. The third kappa shape index (κ3) is 9.51. The van der Waals surface area contributed by atoms with Crippen LogP contribution >= 0.6 is 0 Å². The SMILES string of the molecule is Cc1ccc(Nc2ncc3c(n2)N(C)C(=O)N(c2cc(C(=O)N[C@H](C(=O)N4CCC[C@@H]4C(=O)N[C@H](C(=O)N[C@H](C)c4ccccc4)C(C)C)C(C)C)ccc2C)C3)cn1. The number of hydrogen-bond donors (Lipinski definition) is 4. The van der Waals surface area contributed by atoms with Gasteiger partial charge in [-0.15, -0.1) is 0 Å². The van der Waals surface area contributed by atoms with Crippen LogP contribution in [0, 0.1) is 25.7 Å². The predicted octanol–water partition coefficient (Wildman–Crippen LogP) is 5.57. The first-order valence-corrected chi connectivity index (χ1v) is 20.1. The van der Waals surface area contributed by atoms with Crippen molar-refractivity contribution in [3.05, 3.63) is 101 Å². The maximum absolute atomic E-state index is 14.2. The number of rotatable bonds is 13. The van der Waals surface area contributed by atoms with E-state index in [1.807, 2.05) is 90.9 Å². The molecule has 4 atom stereocenters. The van der Waals surface area contributed by atoms with Gasteiger partial charge in [0.1, 0.15) is 23.9 Å². The average molecular weight is 803 g/mol. The van der Waals surface area contributed by atoms with Gasteiger partial charge in [-0.25, -0.2) is 9.78 Å². The smallest absolute Gasteiger partial charge is 0.330 e. The number of carbonyl (C=O) groups excluding carboxylic acids is 5. The van der Waals surface area contributed by atoms with E-state index in [-0.39, 0.29) is 47.8 Å². The summed E-state index contributed by atoms with van der Waals surface area (Å²) in [5.74, 6) is -1.33. The van der Waals surface area contributed by atoms with E-state index in [1.165, 1.54) is 9.80 Å². The number of aryl methyl sites for hydroxylation is 2. The maximum atomic E-state index is 14.2. The number of carbonyl (C=O) groups is 5. The van der Waals surface area contributed by atoms with Gasteiger partial charge in [-0.1, -0.05) is 64.1 Å². The number of aromatic nitrogens is 3. The standard InChI is InChI=1S/C44H54N10O5/c1-25(2)36(41(57)47-29(7)30-13-10-9-11-14-30)49-40(56)34-15-12-20-53(34)42(58)37(26(3)4)50-39(55)31-18-16-27(5)35(21-31)54-24-32-22-46-43(51-38(32)52(8)44(54)59)48-33-19-17-28(6)45-23-33/h9-11,13-14,16-19,21-23,25-26,29,34,36-37H,12,15,20,24H2,1-8H3,(H,47,57)(H,49,56)(H,50,55)(H,46,48,51)/t29-,34-,36+,37+/m1/s1. The first kappa shape index (κ1) is 42.2. The van der Waals surface area contributed by atoms with Crippen LogP contribution in [0.15, 0.2) is 73.1 Å². The number of likely N-dealkylation sites (tertiary alicyclic amines) is 1. The summed E-state index contributed by atoms with van der Waals surface area (Å²) in [5, 5.41) is 12.0. The maximum Gasteiger partial charge on any atom is 0.330 e. The van der Waals surface area contributed by atoms with Gasteiger partial charge in [0.2, 0.25) is 23.7 Å². The molecule has 0 spiro atoms. The Kier molecular flexibility index (Phi) is 12.9. The molecule has 2 aromatic heterocycles. The summed E-state index contributed by atoms with van der Waals surface area (Å²) < 4.78 is 0. The Morgan fingerprint density at radius 1 is 0.831 bits per heavy atom. The van der Waals surface area contributed by atoms with Crippen LogP contribution in [0.2, 0.25) is 0 Å². The van der Waals surface area contributed by atoms with Crippen LogP contribution in [-0.4, -0.2) is 81.2 Å². The molecular weight excluding hydrogens is 749 g/mol. The molecule has 4 heterocycles. The average Bonchev–Trinajstić information content (AvgIpc) is 3.72. The second-order valence-corrected chi connectivity index (χ2v) is 16.0. The first-order chi connectivity index (χ1) is 28.1. The van der Waals surface area contributed by atoms with Crippen LogP contribution in [0.5, 0.6) is 0 Å². The number of anilines is 4. The number of hydrogen-bond acceptors (Lipinski definition) is 9. The fourth-order valence-corrected chi connectivity index (χ4v) is 7.40. The zero-order valence-corrected chi connectivity index (χ0v) is 34.9. The van der Waals surface area contributed by atoms with Crippen LogP contribution in [-0.2, 0) is 20.9 Å². The molecule has 0 aliphatic carbocycles. The highest BCUT2D eigenvalue weighted by Gasteiger charge is 2.40. The molecule has 0 bridgehead atoms. The van der Waals surface area contributed by atoms with Gasteiger partial charge in [-0.3, -0.25) is 34.0 Å². The minimum absolute atomic E-state index is 0.174. The molecule has 0 saturated carbocycles. The molecule has 0 unspecified atom stereocenters. The molecule has 2 aliphatic rings. The van der Waals surface area contributed by atoms with Gasteiger partial charge in [0.25, 0.3) is 5.91 Å². The molecule has 2 aromatic carbocycles. The van der Waals surface area contributed by atoms with Gasteiger partial charge >= 0.3 is 6.03 Å². The second-order valence-electron chi connectivity index (χ2n) is 16.0. The number of fused-ring (bicyclic) bond motifs is 1. The van der Waals surface area contributed by atoms with Crippen LogP contribution in [0.3, 0.4) is 0 Å². The Hall–Kier alpha value is -6.38. The number of nitrogens with one attached hydrogen (secondary N) is 4. The lowest BCUT2D eigenvalue weighted by Gasteiger charge is -2.35. The van der Waals surface area contributed by atoms with Crippen LogP contribution in [0.4, 0.5) is 27.9 Å². The molecule has 310 valence electrons. The largest absolute Gasteiger partial charge is 0.348 e. The Bertz CT molecular complexity index is 2200. The third-order valence-corrected chi connectivity index (χ3v) is 10.9. The van der Waals surface area contributed by atoms with E-state index in [0.29, 0.717) is 48.1 Å². The van der Waals surface area contributed by atoms with Crippen molar-refractivity contribution in [2.24, 2.45) is 11.8 Å². The van der Waals surface area contributed by atoms with Crippen molar-refractivity contribution in [2.75, 3.05) is 28.7 Å². The Balaban J connectivity index is 1.13. The minimum atomic E-state index is -0.943. The van der Waals surface area contributed by atoms with E-state index in [2.05, 4.69) is 36.2 Å². The Morgan fingerprint density at radius 2 is 1.56 bits per heavy atom. The Labute approximate surface area is 345 Å². The molecule has 6 rings (SSSR count). The van der Waals surface area contributed by atoms with Gasteiger partial charge in [0.05, 0.1) is 24.5 Å². The quantitative estimate of drug-likeness (QED) is 0.134. The van der Waals surface area contributed by atoms with Crippen LogP contribution < -0.4 is 31.1 Å². The summed E-state index contributed by atoms with van der Waals surface area (Å²) in [4.78, 5) is 87.1. The highest BCUT2D eigenvalue weighted by atomic mass is 16.2. The Morgan fingerprint density at radius 3 is 2.24 bits per heavy atom. The minimum Gasteiger partial charge on any atom is -0.348 e. The third-order valence-electron chi connectivity index (χ3n) is 10.9. The molecule has 15 heteroatoms. The highest BCUT2D eigenvalue weighted by molar-refractivity contribution is 6.07. The second kappa shape index (κ2) is 18.0. The van der Waals surface area contributed by atoms with E-state index < -0.39 is 29.9 Å². The van der Waals surface area contributed by atoms with Crippen molar-refractivity contribution < 1.29 is 24.0 Å². The normalized spacial score (nSPS) is 16.7. The molecule has 4 aromatic rings. The highest BCUT2D eigenvalue weighted by Crippen LogP contribution is 2.33. The van der Waals surface area contributed by atoms with Crippen LogP contribution in [0.1, 0.15) is 86.2 Å². The van der Waals surface area contributed by atoms with Gasteiger partial charge in [-0.05, 0) is 80.8 Å². The summed E-state index contributed by atoms with van der Waals surface area (Å²) >= 11 is 0. The summed E-state index contributed by atoms with van der Waals surface area (Å²) in [6.07, 6.45) is 4.38. The molecule has 6 amide bonds. The van der Waals surface area contributed by atoms with Crippen molar-refractivity contribution >= 4 is 52.8 Å². The monoisotopic (exact) mass is 802 g/mol. The topological polar surface area (TPSA) is 182 Å². The molecular formula is C44H54N10O5. The summed E-state index contributed by atoms with van der Waals surface area (Å²) in [7, 11) is 1.64. The number of urea groups is 1. The summed E-state index contributed by atoms with van der Waals surface area (Å²) in [6, 6.07) is 15.2. The lowest BCUT2D eigenvalue weighted by molar-refractivity contribution is -0.141. The van der Waals surface area contributed by atoms with E-state index in [4.69, 9.17) is 0 Å².